The molecule has 0 rings (SSSR count). The number of nitrogens with one attached hydrogen (secondary N) is 1. The Hall–Kier alpha value is -1.28. The molecule has 3 unspecified atom stereocenters. The minimum absolute atomic E-state index is 0.00770. The van der Waals surface area contributed by atoms with Crippen LogP contribution in [0.1, 0.15) is 226 Å². The molecule has 1 amide bonds. The van der Waals surface area contributed by atoms with Crippen LogP contribution in [0.5, 0.6) is 0 Å². The lowest BCUT2D eigenvalue weighted by Crippen LogP contribution is -2.45. The second-order valence-corrected chi connectivity index (χ2v) is 19.6. The van der Waals surface area contributed by atoms with Gasteiger partial charge < -0.3 is 28.8 Å². The molecule has 0 saturated carbocycles. The molecule has 9 heteroatoms. The van der Waals surface area contributed by atoms with Gasteiger partial charge in [-0.2, -0.15) is 0 Å². The van der Waals surface area contributed by atoms with Crippen LogP contribution in [-0.2, 0) is 18.4 Å². The van der Waals surface area contributed by atoms with Gasteiger partial charge in [-0.3, -0.25) is 9.36 Å². The minimum atomic E-state index is -4.60. The van der Waals surface area contributed by atoms with Gasteiger partial charge in [-0.15, -0.1) is 0 Å². The van der Waals surface area contributed by atoms with E-state index in [-0.39, 0.29) is 12.5 Å². The highest BCUT2D eigenvalue weighted by molar-refractivity contribution is 7.45. The van der Waals surface area contributed by atoms with Crippen molar-refractivity contribution < 1.29 is 32.9 Å². The van der Waals surface area contributed by atoms with Crippen LogP contribution in [0.3, 0.4) is 0 Å². The molecule has 0 aromatic heterocycles. The van der Waals surface area contributed by atoms with E-state index in [4.69, 9.17) is 9.05 Å². The lowest BCUT2D eigenvalue weighted by atomic mass is 10.0. The average Bonchev–Trinajstić information content (AvgIpc) is 3.19. The van der Waals surface area contributed by atoms with Gasteiger partial charge in [0.2, 0.25) is 5.91 Å². The van der Waals surface area contributed by atoms with Gasteiger partial charge in [-0.25, -0.2) is 0 Å². The third-order valence-electron chi connectivity index (χ3n) is 11.1. The Bertz CT molecular complexity index is 1060. The number of carbonyl (C=O) groups excluding carboxylic acids is 1. The highest BCUT2D eigenvalue weighted by Gasteiger charge is 2.23. The molecule has 0 saturated heterocycles. The van der Waals surface area contributed by atoms with E-state index < -0.39 is 26.6 Å². The molecule has 59 heavy (non-hydrogen) atoms. The number of unbranched alkanes of at least 4 members (excludes halogenated alkanes) is 28. The van der Waals surface area contributed by atoms with E-state index in [1.165, 1.54) is 154 Å². The molecular weight excluding hydrogens is 756 g/mol. The van der Waals surface area contributed by atoms with Crippen LogP contribution in [0.2, 0.25) is 0 Å². The number of aliphatic hydroxyl groups excluding tert-OH is 1. The fourth-order valence-electron chi connectivity index (χ4n) is 7.10. The number of hydrogen-bond donors (Lipinski definition) is 2. The van der Waals surface area contributed by atoms with Gasteiger partial charge >= 0.3 is 0 Å². The molecule has 0 aromatic rings. The molecule has 0 aliphatic carbocycles. The summed E-state index contributed by atoms with van der Waals surface area (Å²) in [7, 11) is 1.24. The predicted octanol–water partition coefficient (Wildman–Crippen LogP) is 13.6. The van der Waals surface area contributed by atoms with Crippen molar-refractivity contribution in [2.75, 3.05) is 40.9 Å². The van der Waals surface area contributed by atoms with Crippen LogP contribution in [0.25, 0.3) is 0 Å². The topological polar surface area (TPSA) is 108 Å². The third kappa shape index (κ3) is 44.6. The molecule has 0 bridgehead atoms. The molecule has 0 heterocycles. The van der Waals surface area contributed by atoms with E-state index in [1.807, 2.05) is 27.2 Å². The van der Waals surface area contributed by atoms with Crippen molar-refractivity contribution in [1.82, 2.24) is 5.32 Å². The van der Waals surface area contributed by atoms with Crippen LogP contribution in [0.15, 0.2) is 36.5 Å². The zero-order valence-corrected chi connectivity index (χ0v) is 40.4. The van der Waals surface area contributed by atoms with E-state index in [1.54, 1.807) is 6.08 Å². The molecule has 3 atom stereocenters. The standard InChI is InChI=1S/C50H97N2O6P/c1-6-8-10-12-14-16-18-20-22-23-24-25-26-27-28-30-31-33-35-37-39-41-43-49(53)48(47-58-59(55,56)57-46-45-52(3,4)5)51-50(54)44-42-40-38-36-34-32-29-21-19-17-15-13-11-9-7-2/h21,29,33,35,41,43,48-49,53H,6-20,22-28,30-32,34,36-40,42,44-47H2,1-5H3,(H-,51,54,55,56)/b29-21-,35-33+,43-41+. The zero-order chi connectivity index (χ0) is 43.6. The molecule has 0 aromatic carbocycles. The van der Waals surface area contributed by atoms with E-state index in [2.05, 4.69) is 43.5 Å². The summed E-state index contributed by atoms with van der Waals surface area (Å²) in [4.78, 5) is 25.3. The van der Waals surface area contributed by atoms with Crippen molar-refractivity contribution in [3.05, 3.63) is 36.5 Å². The smallest absolute Gasteiger partial charge is 0.268 e. The number of rotatable bonds is 45. The fraction of sp³-hybridized carbons (Fsp3) is 0.860. The molecule has 0 spiro atoms. The summed E-state index contributed by atoms with van der Waals surface area (Å²) < 4.78 is 23.2. The summed E-state index contributed by atoms with van der Waals surface area (Å²) in [6.07, 6.45) is 52.0. The highest BCUT2D eigenvalue weighted by atomic mass is 31.2. The Balaban J connectivity index is 4.38. The van der Waals surface area contributed by atoms with Crippen molar-refractivity contribution in [2.24, 2.45) is 0 Å². The molecule has 2 N–H and O–H groups in total. The van der Waals surface area contributed by atoms with Crippen LogP contribution >= 0.6 is 7.82 Å². The molecular formula is C50H97N2O6P. The first-order valence-corrected chi connectivity index (χ1v) is 26.3. The molecule has 8 nitrogen and oxygen atoms in total. The number of carbonyl (C=O) groups is 1. The maximum atomic E-state index is 12.9. The summed E-state index contributed by atoms with van der Waals surface area (Å²) in [6.45, 7) is 4.63. The molecule has 348 valence electrons. The van der Waals surface area contributed by atoms with E-state index in [0.29, 0.717) is 17.4 Å². The normalized spacial score (nSPS) is 14.5. The number of likely N-dealkylation sites (N-methyl/N-ethyl adjacent to an activating group) is 1. The first-order valence-electron chi connectivity index (χ1n) is 24.9. The highest BCUT2D eigenvalue weighted by Crippen LogP contribution is 2.38. The zero-order valence-electron chi connectivity index (χ0n) is 39.5. The van der Waals surface area contributed by atoms with Crippen LogP contribution in [-0.4, -0.2) is 68.5 Å². The molecule has 0 aliphatic heterocycles. The van der Waals surface area contributed by atoms with Gasteiger partial charge in [0.25, 0.3) is 7.82 Å². The first-order chi connectivity index (χ1) is 28.5. The Labute approximate surface area is 366 Å². The molecule has 0 aliphatic rings. The third-order valence-corrected chi connectivity index (χ3v) is 12.0. The summed E-state index contributed by atoms with van der Waals surface area (Å²) in [5, 5.41) is 13.8. The van der Waals surface area contributed by atoms with E-state index in [0.717, 1.165) is 51.4 Å². The van der Waals surface area contributed by atoms with Crippen molar-refractivity contribution >= 4 is 13.7 Å². The number of hydrogen-bond acceptors (Lipinski definition) is 6. The summed E-state index contributed by atoms with van der Waals surface area (Å²) in [5.41, 5.74) is 0. The van der Waals surface area contributed by atoms with Crippen molar-refractivity contribution in [2.45, 2.75) is 238 Å². The van der Waals surface area contributed by atoms with Crippen LogP contribution < -0.4 is 10.2 Å². The Kier molecular flexibility index (Phi) is 41.1. The lowest BCUT2D eigenvalue weighted by molar-refractivity contribution is -0.870. The van der Waals surface area contributed by atoms with E-state index in [9.17, 15) is 19.4 Å². The second kappa shape index (κ2) is 42.0. The van der Waals surface area contributed by atoms with Gasteiger partial charge in [-0.1, -0.05) is 198 Å². The number of aliphatic hydroxyl groups is 1. The van der Waals surface area contributed by atoms with Crippen LogP contribution in [0.4, 0.5) is 0 Å². The number of phosphoric ester groups is 1. The molecule has 0 radical (unpaired) electrons. The Morgan fingerprint density at radius 3 is 1.37 bits per heavy atom. The summed E-state index contributed by atoms with van der Waals surface area (Å²) in [6, 6.07) is -0.906. The average molecular weight is 853 g/mol. The monoisotopic (exact) mass is 853 g/mol. The van der Waals surface area contributed by atoms with Gasteiger partial charge in [-0.05, 0) is 57.8 Å². The molecule has 0 fully saturated rings. The van der Waals surface area contributed by atoms with Crippen molar-refractivity contribution in [1.29, 1.82) is 0 Å². The van der Waals surface area contributed by atoms with Crippen molar-refractivity contribution in [3.8, 4) is 0 Å². The quantitative estimate of drug-likeness (QED) is 0.0273. The number of nitrogens with zero attached hydrogens (tertiary/aromatic N) is 1. The van der Waals surface area contributed by atoms with Gasteiger partial charge in [0.05, 0.1) is 39.9 Å². The SMILES string of the molecule is CCCCCCCC/C=C\CCCCCCCC(=O)NC(COP(=O)([O-])OCC[N+](C)(C)C)C(O)/C=C/CC/C=C/CCCCCCCCCCCCCCCCCC. The number of amides is 1. The number of phosphoric acid groups is 1. The fourth-order valence-corrected chi connectivity index (χ4v) is 7.83. The number of allylic oxidation sites excluding steroid dienone is 5. The largest absolute Gasteiger partial charge is 0.756 e. The second-order valence-electron chi connectivity index (χ2n) is 18.2. The summed E-state index contributed by atoms with van der Waals surface area (Å²) >= 11 is 0. The predicted molar refractivity (Wildman–Crippen MR) is 251 cm³/mol. The summed E-state index contributed by atoms with van der Waals surface area (Å²) in [5.74, 6) is -0.215. The minimum Gasteiger partial charge on any atom is -0.756 e. The van der Waals surface area contributed by atoms with Crippen molar-refractivity contribution in [3.63, 3.8) is 0 Å². The van der Waals surface area contributed by atoms with E-state index >= 15 is 0 Å². The number of quaternary nitrogens is 1. The maximum Gasteiger partial charge on any atom is 0.268 e. The van der Waals surface area contributed by atoms with Crippen LogP contribution in [0, 0.1) is 0 Å². The Morgan fingerprint density at radius 2 is 0.949 bits per heavy atom. The maximum absolute atomic E-state index is 12.9. The Morgan fingerprint density at radius 1 is 0.576 bits per heavy atom. The van der Waals surface area contributed by atoms with Gasteiger partial charge in [0.15, 0.2) is 0 Å². The van der Waals surface area contributed by atoms with Gasteiger partial charge in [0.1, 0.15) is 13.2 Å². The van der Waals surface area contributed by atoms with Gasteiger partial charge in [0, 0.05) is 6.42 Å². The lowest BCUT2D eigenvalue weighted by Gasteiger charge is -2.29. The first kappa shape index (κ1) is 57.7.